The Hall–Kier alpha value is -4.80. The van der Waals surface area contributed by atoms with Crippen molar-refractivity contribution in [1.82, 2.24) is 4.98 Å². The van der Waals surface area contributed by atoms with E-state index in [0.29, 0.717) is 12.4 Å². The van der Waals surface area contributed by atoms with Gasteiger partial charge in [0.05, 0.1) is 11.7 Å². The number of hydrogen-bond acceptors (Lipinski definition) is 6. The van der Waals surface area contributed by atoms with Gasteiger partial charge in [0.1, 0.15) is 12.4 Å². The van der Waals surface area contributed by atoms with Gasteiger partial charge in [-0.2, -0.15) is 26.3 Å². The maximum Gasteiger partial charge on any atom is 0.490 e. The zero-order valence-corrected chi connectivity index (χ0v) is 20.9. The number of rotatable bonds is 7. The summed E-state index contributed by atoms with van der Waals surface area (Å²) >= 11 is 0. The Morgan fingerprint density at radius 1 is 0.857 bits per heavy atom. The number of aromatic nitrogens is 1. The second-order valence-electron chi connectivity index (χ2n) is 7.79. The van der Waals surface area contributed by atoms with Gasteiger partial charge in [0.25, 0.3) is 0 Å². The number of benzene rings is 2. The molecule has 0 fully saturated rings. The maximum absolute atomic E-state index is 13.2. The molecule has 9 nitrogen and oxygen atoms in total. The minimum absolute atomic E-state index is 0.151. The molecule has 1 aromatic heterocycles. The molecule has 3 aromatic rings. The topological polar surface area (TPSA) is 152 Å². The van der Waals surface area contributed by atoms with Crippen molar-refractivity contribution < 1.29 is 64.5 Å². The van der Waals surface area contributed by atoms with E-state index in [1.807, 2.05) is 30.3 Å². The highest BCUT2D eigenvalue weighted by Crippen LogP contribution is 2.17. The van der Waals surface area contributed by atoms with E-state index in [-0.39, 0.29) is 12.1 Å². The van der Waals surface area contributed by atoms with Gasteiger partial charge in [-0.25, -0.2) is 18.4 Å². The van der Waals surface area contributed by atoms with E-state index in [1.54, 1.807) is 18.3 Å². The Morgan fingerprint density at radius 3 is 1.86 bits per heavy atom. The minimum atomic E-state index is -5.08. The summed E-state index contributed by atoms with van der Waals surface area (Å²) in [5.74, 6) is -7.34. The van der Waals surface area contributed by atoms with Crippen LogP contribution in [0, 0.1) is 11.6 Å². The summed E-state index contributed by atoms with van der Waals surface area (Å²) in [7, 11) is 0. The summed E-state index contributed by atoms with van der Waals surface area (Å²) < 4.78 is 95.3. The molecule has 0 aliphatic rings. The lowest BCUT2D eigenvalue weighted by molar-refractivity contribution is -0.193. The number of amides is 1. The van der Waals surface area contributed by atoms with Crippen LogP contribution in [0.5, 0.6) is 5.75 Å². The van der Waals surface area contributed by atoms with Gasteiger partial charge in [0, 0.05) is 18.0 Å². The van der Waals surface area contributed by atoms with E-state index in [1.165, 1.54) is 6.07 Å². The lowest BCUT2D eigenvalue weighted by atomic mass is 10.1. The van der Waals surface area contributed by atoms with Gasteiger partial charge < -0.3 is 26.0 Å². The van der Waals surface area contributed by atoms with Gasteiger partial charge in [0.2, 0.25) is 5.91 Å². The minimum Gasteiger partial charge on any atom is -0.487 e. The Morgan fingerprint density at radius 2 is 1.40 bits per heavy atom. The molecule has 17 heteroatoms. The largest absolute Gasteiger partial charge is 0.490 e. The van der Waals surface area contributed by atoms with Crippen LogP contribution in [-0.2, 0) is 27.4 Å². The monoisotopic (exact) mass is 611 g/mol. The lowest BCUT2D eigenvalue weighted by Gasteiger charge is -2.13. The van der Waals surface area contributed by atoms with Gasteiger partial charge in [-0.15, -0.1) is 0 Å². The molecule has 0 saturated carbocycles. The predicted octanol–water partition coefficient (Wildman–Crippen LogP) is 4.71. The van der Waals surface area contributed by atoms with Crippen molar-refractivity contribution in [1.29, 1.82) is 0 Å². The molecule has 2 aromatic carbocycles. The van der Waals surface area contributed by atoms with E-state index in [0.717, 1.165) is 23.4 Å². The summed E-state index contributed by atoms with van der Waals surface area (Å²) in [6.07, 6.45) is -8.18. The van der Waals surface area contributed by atoms with Crippen molar-refractivity contribution in [3.05, 3.63) is 89.8 Å². The van der Waals surface area contributed by atoms with Gasteiger partial charge >= 0.3 is 24.3 Å². The van der Waals surface area contributed by atoms with Crippen molar-refractivity contribution in [3.63, 3.8) is 0 Å². The molecule has 0 aliphatic heterocycles. The third kappa shape index (κ3) is 13.5. The molecule has 1 amide bonds. The average molecular weight is 611 g/mol. The number of nitrogens with two attached hydrogens (primary N) is 1. The number of halogens is 8. The summed E-state index contributed by atoms with van der Waals surface area (Å²) in [6, 6.07) is 15.1. The van der Waals surface area contributed by atoms with Crippen molar-refractivity contribution in [2.45, 2.75) is 31.4 Å². The first-order valence-electron chi connectivity index (χ1n) is 11.1. The number of hydrogen-bond donors (Lipinski definition) is 4. The fourth-order valence-corrected chi connectivity index (χ4v) is 2.52. The zero-order chi connectivity index (χ0) is 32.1. The molecule has 3 rings (SSSR count). The van der Waals surface area contributed by atoms with Gasteiger partial charge in [-0.3, -0.25) is 9.78 Å². The van der Waals surface area contributed by atoms with E-state index < -0.39 is 47.9 Å². The maximum atomic E-state index is 13.2. The molecule has 0 bridgehead atoms. The summed E-state index contributed by atoms with van der Waals surface area (Å²) in [6.45, 7) is 0.357. The summed E-state index contributed by atoms with van der Waals surface area (Å²) in [5, 5.41) is 16.7. The van der Waals surface area contributed by atoms with Crippen LogP contribution in [0.3, 0.4) is 0 Å². The van der Waals surface area contributed by atoms with Gasteiger partial charge in [-0.05, 0) is 48.4 Å². The third-order valence-corrected chi connectivity index (χ3v) is 4.50. The van der Waals surface area contributed by atoms with Crippen LogP contribution in [-0.4, -0.2) is 51.4 Å². The first kappa shape index (κ1) is 35.2. The number of carbonyl (C=O) groups excluding carboxylic acids is 1. The van der Waals surface area contributed by atoms with Gasteiger partial charge in [0.15, 0.2) is 11.6 Å². The number of carboxylic acids is 2. The predicted molar refractivity (Wildman–Crippen MR) is 129 cm³/mol. The molecule has 228 valence electrons. The van der Waals surface area contributed by atoms with Crippen LogP contribution in [0.2, 0.25) is 0 Å². The Balaban J connectivity index is 0.000000522. The molecule has 5 N–H and O–H groups in total. The van der Waals surface area contributed by atoms with E-state index in [4.69, 9.17) is 30.3 Å². The van der Waals surface area contributed by atoms with Gasteiger partial charge in [-0.1, -0.05) is 18.2 Å². The smallest absolute Gasteiger partial charge is 0.487 e. The van der Waals surface area contributed by atoms with Crippen molar-refractivity contribution in [3.8, 4) is 5.75 Å². The molecular weight excluding hydrogens is 590 g/mol. The molecule has 0 aliphatic carbocycles. The lowest BCUT2D eigenvalue weighted by Crippen LogP contribution is -2.37. The number of nitrogens with one attached hydrogen (secondary N) is 1. The zero-order valence-electron chi connectivity index (χ0n) is 20.9. The van der Waals surface area contributed by atoms with E-state index in [9.17, 15) is 39.9 Å². The molecule has 0 radical (unpaired) electrons. The summed E-state index contributed by atoms with van der Waals surface area (Å²) in [5.41, 5.74) is 7.74. The SMILES string of the molecule is N[C@@H](Cc1ccc(OCc2ccccn2)cc1)C(=O)Nc1ccc(F)c(F)c1.O=C(O)C(F)(F)F.O=C(O)C(F)(F)F. The molecule has 0 unspecified atom stereocenters. The normalized spacial score (nSPS) is 11.5. The van der Waals surface area contributed by atoms with Crippen LogP contribution in [0.4, 0.5) is 40.8 Å². The quantitative estimate of drug-likeness (QED) is 0.281. The molecule has 0 saturated heterocycles. The highest BCUT2D eigenvalue weighted by molar-refractivity contribution is 5.94. The van der Waals surface area contributed by atoms with Crippen molar-refractivity contribution >= 4 is 23.5 Å². The Kier molecular flexibility index (Phi) is 13.3. The fraction of sp³-hybridized carbons (Fsp3) is 0.200. The third-order valence-electron chi connectivity index (χ3n) is 4.50. The van der Waals surface area contributed by atoms with Crippen LogP contribution in [0.15, 0.2) is 66.9 Å². The first-order valence-corrected chi connectivity index (χ1v) is 11.1. The number of ether oxygens (including phenoxy) is 1. The number of anilines is 1. The second-order valence-corrected chi connectivity index (χ2v) is 7.79. The molecule has 1 atom stereocenters. The van der Waals surface area contributed by atoms with Crippen LogP contribution < -0.4 is 15.8 Å². The number of pyridine rings is 1. The summed E-state index contributed by atoms with van der Waals surface area (Å²) in [4.78, 5) is 34.1. The van der Waals surface area contributed by atoms with Crippen molar-refractivity contribution in [2.24, 2.45) is 5.73 Å². The van der Waals surface area contributed by atoms with E-state index >= 15 is 0 Å². The Labute approximate surface area is 231 Å². The molecule has 1 heterocycles. The number of carbonyl (C=O) groups is 3. The standard InChI is InChI=1S/C21H19F2N3O2.2C2HF3O2/c22-18-9-6-15(12-19(18)23)26-21(27)20(24)11-14-4-7-17(8-5-14)28-13-16-3-1-2-10-25-16;2*3-2(4,5)1(6)7/h1-10,12,20H,11,13,24H2,(H,26,27);2*(H,6,7)/t20-;;/m0../s1. The average Bonchev–Trinajstić information content (AvgIpc) is 2.90. The van der Waals surface area contributed by atoms with Crippen LogP contribution in [0.1, 0.15) is 11.3 Å². The first-order chi connectivity index (χ1) is 19.4. The molecular formula is C25H21F8N3O6. The fourth-order valence-electron chi connectivity index (χ4n) is 2.52. The number of alkyl halides is 6. The highest BCUT2D eigenvalue weighted by Gasteiger charge is 2.38. The number of aliphatic carboxylic acids is 2. The number of nitrogens with zero attached hydrogens (tertiary/aromatic N) is 1. The Bertz CT molecular complexity index is 1300. The van der Waals surface area contributed by atoms with Crippen molar-refractivity contribution in [2.75, 3.05) is 5.32 Å². The molecule has 0 spiro atoms. The second kappa shape index (κ2) is 15.8. The highest BCUT2D eigenvalue weighted by atomic mass is 19.4. The van der Waals surface area contributed by atoms with Crippen LogP contribution in [0.25, 0.3) is 0 Å². The van der Waals surface area contributed by atoms with Crippen LogP contribution >= 0.6 is 0 Å². The molecule has 42 heavy (non-hydrogen) atoms. The van der Waals surface area contributed by atoms with E-state index in [2.05, 4.69) is 10.3 Å². The number of carboxylic acid groups (broad SMARTS) is 2.